The molecule has 2 aliphatic rings. The quantitative estimate of drug-likeness (QED) is 0.766. The molecule has 21 heavy (non-hydrogen) atoms. The maximum atomic E-state index is 12.4. The standard InChI is InChI=1S/C14H24N2O5/c17-8-4-11-1-5-16(9-11)14(20)15-6-2-12(3-7-15)21-10-13(18)19/h11-12,17H,1-10H2,(H,18,19). The van der Waals surface area contributed by atoms with Crippen molar-refractivity contribution in [3.63, 3.8) is 0 Å². The summed E-state index contributed by atoms with van der Waals surface area (Å²) in [5.41, 5.74) is 0. The molecular weight excluding hydrogens is 276 g/mol. The Morgan fingerprint density at radius 3 is 2.38 bits per heavy atom. The summed E-state index contributed by atoms with van der Waals surface area (Å²) in [6.07, 6.45) is 3.03. The summed E-state index contributed by atoms with van der Waals surface area (Å²) in [6, 6.07) is 0.0622. The maximum absolute atomic E-state index is 12.4. The molecule has 2 rings (SSSR count). The number of carboxylic acid groups (broad SMARTS) is 1. The average molecular weight is 300 g/mol. The van der Waals surface area contributed by atoms with Gasteiger partial charge in [0.2, 0.25) is 0 Å². The Morgan fingerprint density at radius 1 is 1.10 bits per heavy atom. The predicted octanol–water partition coefficient (Wildman–Crippen LogP) is 0.376. The summed E-state index contributed by atoms with van der Waals surface area (Å²) in [6.45, 7) is 2.63. The fraction of sp³-hybridized carbons (Fsp3) is 0.857. The van der Waals surface area contributed by atoms with Crippen molar-refractivity contribution in [3.8, 4) is 0 Å². The molecular formula is C14H24N2O5. The first-order chi connectivity index (χ1) is 10.1. The third-order valence-electron chi connectivity index (χ3n) is 4.25. The van der Waals surface area contributed by atoms with Gasteiger partial charge in [-0.15, -0.1) is 0 Å². The smallest absolute Gasteiger partial charge is 0.329 e. The number of likely N-dealkylation sites (tertiary alicyclic amines) is 2. The minimum absolute atomic E-state index is 0.0622. The second-order valence-corrected chi connectivity index (χ2v) is 5.79. The number of hydrogen-bond donors (Lipinski definition) is 2. The first-order valence-electron chi connectivity index (χ1n) is 7.58. The van der Waals surface area contributed by atoms with Crippen molar-refractivity contribution in [2.45, 2.75) is 31.8 Å². The molecule has 2 amide bonds. The number of carbonyl (C=O) groups excluding carboxylic acids is 1. The number of carbonyl (C=O) groups is 2. The molecule has 2 aliphatic heterocycles. The van der Waals surface area contributed by atoms with Crippen LogP contribution in [0.3, 0.4) is 0 Å². The average Bonchev–Trinajstić information content (AvgIpc) is 2.94. The van der Waals surface area contributed by atoms with Crippen molar-refractivity contribution in [2.24, 2.45) is 5.92 Å². The topological polar surface area (TPSA) is 90.3 Å². The number of carboxylic acids is 1. The Balaban J connectivity index is 1.72. The molecule has 0 saturated carbocycles. The van der Waals surface area contributed by atoms with E-state index < -0.39 is 5.97 Å². The van der Waals surface area contributed by atoms with E-state index in [4.69, 9.17) is 14.9 Å². The molecule has 7 heteroatoms. The van der Waals surface area contributed by atoms with Gasteiger partial charge in [-0.1, -0.05) is 0 Å². The van der Waals surface area contributed by atoms with E-state index in [9.17, 15) is 9.59 Å². The summed E-state index contributed by atoms with van der Waals surface area (Å²) < 4.78 is 5.27. The lowest BCUT2D eigenvalue weighted by Crippen LogP contribution is -2.47. The number of nitrogens with zero attached hydrogens (tertiary/aromatic N) is 2. The van der Waals surface area contributed by atoms with Crippen LogP contribution in [-0.4, -0.2) is 77.5 Å². The number of aliphatic hydroxyl groups excluding tert-OH is 1. The molecule has 0 aromatic rings. The van der Waals surface area contributed by atoms with Crippen LogP contribution in [0.25, 0.3) is 0 Å². The van der Waals surface area contributed by atoms with E-state index in [0.717, 1.165) is 25.9 Å². The highest BCUT2D eigenvalue weighted by Gasteiger charge is 2.31. The SMILES string of the molecule is O=C(O)COC1CCN(C(=O)N2CCC(CCO)C2)CC1. The highest BCUT2D eigenvalue weighted by atomic mass is 16.5. The van der Waals surface area contributed by atoms with Gasteiger partial charge in [-0.25, -0.2) is 9.59 Å². The van der Waals surface area contributed by atoms with Crippen molar-refractivity contribution in [3.05, 3.63) is 0 Å². The largest absolute Gasteiger partial charge is 0.480 e. The zero-order chi connectivity index (χ0) is 15.2. The Labute approximate surface area is 124 Å². The van der Waals surface area contributed by atoms with E-state index in [2.05, 4.69) is 0 Å². The molecule has 0 bridgehead atoms. The van der Waals surface area contributed by atoms with Gasteiger partial charge in [0.25, 0.3) is 0 Å². The van der Waals surface area contributed by atoms with Crippen molar-refractivity contribution < 1.29 is 24.5 Å². The van der Waals surface area contributed by atoms with Crippen LogP contribution < -0.4 is 0 Å². The van der Waals surface area contributed by atoms with Crippen LogP contribution in [0.5, 0.6) is 0 Å². The molecule has 2 N–H and O–H groups in total. The molecule has 0 aromatic carbocycles. The normalized spacial score (nSPS) is 23.6. The van der Waals surface area contributed by atoms with Crippen LogP contribution >= 0.6 is 0 Å². The van der Waals surface area contributed by atoms with Gasteiger partial charge >= 0.3 is 12.0 Å². The summed E-state index contributed by atoms with van der Waals surface area (Å²) >= 11 is 0. The van der Waals surface area contributed by atoms with Crippen LogP contribution in [0.4, 0.5) is 4.79 Å². The van der Waals surface area contributed by atoms with Crippen LogP contribution in [0.15, 0.2) is 0 Å². The minimum atomic E-state index is -0.958. The molecule has 0 aromatic heterocycles. The van der Waals surface area contributed by atoms with Crippen molar-refractivity contribution in [1.29, 1.82) is 0 Å². The summed E-state index contributed by atoms with van der Waals surface area (Å²) in [5, 5.41) is 17.5. The Kier molecular flexibility index (Phi) is 5.81. The molecule has 2 saturated heterocycles. The highest BCUT2D eigenvalue weighted by Crippen LogP contribution is 2.22. The van der Waals surface area contributed by atoms with Crippen molar-refractivity contribution >= 4 is 12.0 Å². The van der Waals surface area contributed by atoms with E-state index in [1.165, 1.54) is 0 Å². The second kappa shape index (κ2) is 7.61. The number of piperidine rings is 1. The molecule has 0 radical (unpaired) electrons. The second-order valence-electron chi connectivity index (χ2n) is 5.79. The van der Waals surface area contributed by atoms with Gasteiger partial charge in [0.05, 0.1) is 6.10 Å². The van der Waals surface area contributed by atoms with Gasteiger partial charge < -0.3 is 24.7 Å². The summed E-state index contributed by atoms with van der Waals surface area (Å²) in [5.74, 6) is -0.545. The highest BCUT2D eigenvalue weighted by molar-refractivity contribution is 5.74. The summed E-state index contributed by atoms with van der Waals surface area (Å²) in [4.78, 5) is 26.5. The van der Waals surface area contributed by atoms with Crippen molar-refractivity contribution in [2.75, 3.05) is 39.4 Å². The van der Waals surface area contributed by atoms with Gasteiger partial charge in [0.15, 0.2) is 0 Å². The number of aliphatic carboxylic acids is 1. The number of rotatable bonds is 5. The zero-order valence-electron chi connectivity index (χ0n) is 12.2. The lowest BCUT2D eigenvalue weighted by Gasteiger charge is -2.34. The zero-order valence-corrected chi connectivity index (χ0v) is 12.2. The predicted molar refractivity (Wildman–Crippen MR) is 75.0 cm³/mol. The Morgan fingerprint density at radius 2 is 1.76 bits per heavy atom. The Hall–Kier alpha value is -1.34. The number of amides is 2. The Bertz CT molecular complexity index is 368. The van der Waals surface area contributed by atoms with Crippen molar-refractivity contribution in [1.82, 2.24) is 9.80 Å². The number of aliphatic hydroxyl groups is 1. The van der Waals surface area contributed by atoms with Gasteiger partial charge in [-0.3, -0.25) is 0 Å². The van der Waals surface area contributed by atoms with Gasteiger partial charge in [0.1, 0.15) is 6.61 Å². The first-order valence-corrected chi connectivity index (χ1v) is 7.58. The maximum Gasteiger partial charge on any atom is 0.329 e. The monoisotopic (exact) mass is 300 g/mol. The molecule has 1 atom stereocenters. The van der Waals surface area contributed by atoms with Crippen LogP contribution in [0, 0.1) is 5.92 Å². The van der Waals surface area contributed by atoms with Crippen LogP contribution in [0.2, 0.25) is 0 Å². The molecule has 1 unspecified atom stereocenters. The van der Waals surface area contributed by atoms with E-state index in [1.54, 1.807) is 0 Å². The molecule has 0 aliphatic carbocycles. The lowest BCUT2D eigenvalue weighted by molar-refractivity contribution is -0.145. The van der Waals surface area contributed by atoms with Gasteiger partial charge in [-0.2, -0.15) is 0 Å². The molecule has 7 nitrogen and oxygen atoms in total. The first kappa shape index (κ1) is 16.0. The number of hydrogen-bond acceptors (Lipinski definition) is 4. The molecule has 0 spiro atoms. The van der Waals surface area contributed by atoms with Gasteiger partial charge in [-0.05, 0) is 31.6 Å². The van der Waals surface area contributed by atoms with E-state index in [-0.39, 0.29) is 25.3 Å². The molecule has 2 heterocycles. The molecule has 2 fully saturated rings. The van der Waals surface area contributed by atoms with Crippen LogP contribution in [0.1, 0.15) is 25.7 Å². The fourth-order valence-corrected chi connectivity index (χ4v) is 3.03. The number of urea groups is 1. The number of ether oxygens (including phenoxy) is 1. The van der Waals surface area contributed by atoms with Crippen LogP contribution in [-0.2, 0) is 9.53 Å². The van der Waals surface area contributed by atoms with Gasteiger partial charge in [0, 0.05) is 32.8 Å². The van der Waals surface area contributed by atoms with E-state index in [0.29, 0.717) is 31.8 Å². The van der Waals surface area contributed by atoms with E-state index in [1.807, 2.05) is 9.80 Å². The molecule has 120 valence electrons. The summed E-state index contributed by atoms with van der Waals surface area (Å²) in [7, 11) is 0. The fourth-order valence-electron chi connectivity index (χ4n) is 3.03. The minimum Gasteiger partial charge on any atom is -0.480 e. The third-order valence-corrected chi connectivity index (χ3v) is 4.25. The lowest BCUT2D eigenvalue weighted by atomic mass is 10.1. The third kappa shape index (κ3) is 4.57. The van der Waals surface area contributed by atoms with E-state index >= 15 is 0 Å².